The summed E-state index contributed by atoms with van der Waals surface area (Å²) in [5, 5.41) is 9.80. The number of rotatable bonds is 2. The van der Waals surface area contributed by atoms with Crippen molar-refractivity contribution in [3.63, 3.8) is 0 Å². The zero-order valence-corrected chi connectivity index (χ0v) is 8.80. The lowest BCUT2D eigenvalue weighted by Gasteiger charge is -2.16. The monoisotopic (exact) mass is 207 g/mol. The van der Waals surface area contributed by atoms with E-state index in [0.717, 1.165) is 32.0 Å². The fraction of sp³-hybridized carbons (Fsp3) is 0.667. The summed E-state index contributed by atoms with van der Waals surface area (Å²) in [6.07, 6.45) is 5.69. The van der Waals surface area contributed by atoms with E-state index in [1.807, 2.05) is 12.3 Å². The first-order valence-corrected chi connectivity index (χ1v) is 5.74. The molecule has 2 aliphatic rings. The molecule has 0 radical (unpaired) electrons. The summed E-state index contributed by atoms with van der Waals surface area (Å²) in [5.74, 6) is 1.25. The number of nitrogens with zero attached hydrogens (tertiary/aromatic N) is 1. The standard InChI is InChI=1S/C12H17NO2/c14-12-2-1-10-6-13(7-11(10)12)5-9-3-4-15-8-9/h3-4,8,10-12,14H,1-2,5-7H2. The average molecular weight is 207 g/mol. The quantitative estimate of drug-likeness (QED) is 0.798. The summed E-state index contributed by atoms with van der Waals surface area (Å²) < 4.78 is 5.06. The van der Waals surface area contributed by atoms with Crippen molar-refractivity contribution in [2.24, 2.45) is 11.8 Å². The van der Waals surface area contributed by atoms with E-state index in [4.69, 9.17) is 4.42 Å². The van der Waals surface area contributed by atoms with Crippen LogP contribution in [0.25, 0.3) is 0 Å². The molecule has 2 heterocycles. The van der Waals surface area contributed by atoms with Crippen LogP contribution in [0.3, 0.4) is 0 Å². The highest BCUT2D eigenvalue weighted by Gasteiger charge is 2.41. The molecule has 3 atom stereocenters. The molecule has 3 nitrogen and oxygen atoms in total. The van der Waals surface area contributed by atoms with Crippen molar-refractivity contribution in [1.29, 1.82) is 0 Å². The summed E-state index contributed by atoms with van der Waals surface area (Å²) in [7, 11) is 0. The number of furan rings is 1. The fourth-order valence-electron chi connectivity index (χ4n) is 3.10. The molecule has 1 aliphatic carbocycles. The average Bonchev–Trinajstić information content (AvgIpc) is 2.88. The van der Waals surface area contributed by atoms with Gasteiger partial charge < -0.3 is 9.52 Å². The normalized spacial score (nSPS) is 35.9. The molecular weight excluding hydrogens is 190 g/mol. The van der Waals surface area contributed by atoms with Crippen LogP contribution >= 0.6 is 0 Å². The van der Waals surface area contributed by atoms with Gasteiger partial charge in [-0.3, -0.25) is 4.90 Å². The summed E-state index contributed by atoms with van der Waals surface area (Å²) in [4.78, 5) is 2.43. The molecule has 3 heteroatoms. The molecule has 1 N–H and O–H groups in total. The molecule has 2 fully saturated rings. The first-order chi connectivity index (χ1) is 7.33. The Kier molecular flexibility index (Phi) is 2.29. The maximum atomic E-state index is 9.80. The van der Waals surface area contributed by atoms with Crippen LogP contribution in [0.15, 0.2) is 23.0 Å². The SMILES string of the molecule is OC1CCC2CN(Cc3ccoc3)CC12. The molecular formula is C12H17NO2. The second-order valence-electron chi connectivity index (χ2n) is 4.89. The number of hydrogen-bond acceptors (Lipinski definition) is 3. The summed E-state index contributed by atoms with van der Waals surface area (Å²) >= 11 is 0. The number of aliphatic hydroxyl groups excluding tert-OH is 1. The van der Waals surface area contributed by atoms with Crippen LogP contribution in [0.2, 0.25) is 0 Å². The Morgan fingerprint density at radius 2 is 2.33 bits per heavy atom. The molecule has 3 unspecified atom stereocenters. The van der Waals surface area contributed by atoms with E-state index in [1.165, 1.54) is 12.0 Å². The first-order valence-electron chi connectivity index (χ1n) is 5.74. The van der Waals surface area contributed by atoms with E-state index in [9.17, 15) is 5.11 Å². The van der Waals surface area contributed by atoms with Crippen molar-refractivity contribution in [3.8, 4) is 0 Å². The minimum atomic E-state index is -0.0515. The lowest BCUT2D eigenvalue weighted by Crippen LogP contribution is -2.24. The molecule has 0 amide bonds. The second kappa shape index (κ2) is 3.65. The third-order valence-electron chi connectivity index (χ3n) is 3.88. The largest absolute Gasteiger partial charge is 0.472 e. The lowest BCUT2D eigenvalue weighted by molar-refractivity contribution is 0.123. The lowest BCUT2D eigenvalue weighted by atomic mass is 10.00. The van der Waals surface area contributed by atoms with Gasteiger partial charge in [0.25, 0.3) is 0 Å². The van der Waals surface area contributed by atoms with Crippen LogP contribution < -0.4 is 0 Å². The van der Waals surface area contributed by atoms with E-state index < -0.39 is 0 Å². The van der Waals surface area contributed by atoms with Crippen molar-refractivity contribution in [2.75, 3.05) is 13.1 Å². The number of aliphatic hydroxyl groups is 1. The number of fused-ring (bicyclic) bond motifs is 1. The Bertz CT molecular complexity index is 322. The van der Waals surface area contributed by atoms with Crippen molar-refractivity contribution in [3.05, 3.63) is 24.2 Å². The van der Waals surface area contributed by atoms with Gasteiger partial charge in [-0.1, -0.05) is 0 Å². The van der Waals surface area contributed by atoms with Crippen LogP contribution in [0.5, 0.6) is 0 Å². The molecule has 1 aromatic rings. The smallest absolute Gasteiger partial charge is 0.0947 e. The molecule has 0 bridgehead atoms. The molecule has 15 heavy (non-hydrogen) atoms. The third kappa shape index (κ3) is 1.70. The predicted octanol–water partition coefficient (Wildman–Crippen LogP) is 1.48. The van der Waals surface area contributed by atoms with Gasteiger partial charge in [0.1, 0.15) is 0 Å². The first kappa shape index (κ1) is 9.43. The highest BCUT2D eigenvalue weighted by atomic mass is 16.3. The van der Waals surface area contributed by atoms with Crippen molar-refractivity contribution >= 4 is 0 Å². The van der Waals surface area contributed by atoms with Crippen LogP contribution in [0.1, 0.15) is 18.4 Å². The van der Waals surface area contributed by atoms with E-state index in [2.05, 4.69) is 4.90 Å². The topological polar surface area (TPSA) is 36.6 Å². The van der Waals surface area contributed by atoms with Crippen molar-refractivity contribution in [1.82, 2.24) is 4.90 Å². The summed E-state index contributed by atoms with van der Waals surface area (Å²) in [6, 6.07) is 2.02. The zero-order valence-electron chi connectivity index (χ0n) is 8.80. The zero-order chi connectivity index (χ0) is 10.3. The van der Waals surface area contributed by atoms with E-state index >= 15 is 0 Å². The maximum Gasteiger partial charge on any atom is 0.0947 e. The van der Waals surface area contributed by atoms with E-state index in [0.29, 0.717) is 5.92 Å². The van der Waals surface area contributed by atoms with Crippen LogP contribution in [0.4, 0.5) is 0 Å². The number of hydrogen-bond donors (Lipinski definition) is 1. The molecule has 0 aromatic carbocycles. The van der Waals surface area contributed by atoms with Gasteiger partial charge in [-0.15, -0.1) is 0 Å². The van der Waals surface area contributed by atoms with Crippen molar-refractivity contribution < 1.29 is 9.52 Å². The van der Waals surface area contributed by atoms with Crippen LogP contribution in [0, 0.1) is 11.8 Å². The van der Waals surface area contributed by atoms with E-state index in [1.54, 1.807) is 6.26 Å². The van der Waals surface area contributed by atoms with Gasteiger partial charge in [0.15, 0.2) is 0 Å². The molecule has 0 spiro atoms. The second-order valence-corrected chi connectivity index (χ2v) is 4.89. The third-order valence-corrected chi connectivity index (χ3v) is 3.88. The van der Waals surface area contributed by atoms with Crippen molar-refractivity contribution in [2.45, 2.75) is 25.5 Å². The molecule has 3 rings (SSSR count). The highest BCUT2D eigenvalue weighted by molar-refractivity contribution is 5.06. The molecule has 1 aromatic heterocycles. The van der Waals surface area contributed by atoms with Crippen LogP contribution in [-0.4, -0.2) is 29.2 Å². The predicted molar refractivity (Wildman–Crippen MR) is 56.2 cm³/mol. The van der Waals surface area contributed by atoms with Gasteiger partial charge in [-0.05, 0) is 24.8 Å². The van der Waals surface area contributed by atoms with Crippen LogP contribution in [-0.2, 0) is 6.54 Å². The minimum absolute atomic E-state index is 0.0515. The van der Waals surface area contributed by atoms with Gasteiger partial charge >= 0.3 is 0 Å². The Balaban J connectivity index is 1.62. The van der Waals surface area contributed by atoms with Gasteiger partial charge in [0.2, 0.25) is 0 Å². The summed E-state index contributed by atoms with van der Waals surface area (Å²) in [5.41, 5.74) is 1.24. The highest BCUT2D eigenvalue weighted by Crippen LogP contribution is 2.38. The van der Waals surface area contributed by atoms with Gasteiger partial charge in [-0.25, -0.2) is 0 Å². The fourth-order valence-corrected chi connectivity index (χ4v) is 3.10. The van der Waals surface area contributed by atoms with Gasteiger partial charge in [0, 0.05) is 31.1 Å². The Labute approximate surface area is 89.7 Å². The maximum absolute atomic E-state index is 9.80. The van der Waals surface area contributed by atoms with Gasteiger partial charge in [0.05, 0.1) is 18.6 Å². The number of likely N-dealkylation sites (tertiary alicyclic amines) is 1. The molecule has 1 saturated heterocycles. The summed E-state index contributed by atoms with van der Waals surface area (Å²) in [6.45, 7) is 3.17. The Morgan fingerprint density at radius 1 is 1.40 bits per heavy atom. The minimum Gasteiger partial charge on any atom is -0.472 e. The molecule has 1 saturated carbocycles. The molecule has 1 aliphatic heterocycles. The van der Waals surface area contributed by atoms with Gasteiger partial charge in [-0.2, -0.15) is 0 Å². The Morgan fingerprint density at radius 3 is 3.07 bits per heavy atom. The Hall–Kier alpha value is -0.800. The van der Waals surface area contributed by atoms with E-state index in [-0.39, 0.29) is 6.10 Å². The molecule has 82 valence electrons.